The third-order valence-corrected chi connectivity index (χ3v) is 15.7. The SMILES string of the molecule is CC(C)(C)c1ccc(N(c2ccccc2)c2ccc3c(-c4cc5ccccc5c5ccccc45)c4cc(N(c5ccccc5)c5ccc(C(C)(C)C)cc5)ccc4c(-c4cc5ccccc5c5ccccc45)c3c2)cc1. The molecule has 0 aromatic heterocycles. The molecule has 0 unspecified atom stereocenters. The lowest BCUT2D eigenvalue weighted by atomic mass is 9.82. The zero-order chi connectivity index (χ0) is 51.7. The van der Waals surface area contributed by atoms with Gasteiger partial charge in [-0.3, -0.25) is 0 Å². The molecule has 0 amide bonds. The van der Waals surface area contributed by atoms with Gasteiger partial charge in [0.05, 0.1) is 0 Å². The lowest BCUT2D eigenvalue weighted by molar-refractivity contribution is 0.590. The molecule has 0 heterocycles. The molecule has 0 radical (unpaired) electrons. The summed E-state index contributed by atoms with van der Waals surface area (Å²) in [6.45, 7) is 13.7. The van der Waals surface area contributed by atoms with Crippen molar-refractivity contribution in [3.05, 3.63) is 266 Å². The first-order valence-electron chi connectivity index (χ1n) is 26.7. The number of fused-ring (bicyclic) bond motifs is 8. The average molecular weight is 977 g/mol. The van der Waals surface area contributed by atoms with E-state index in [1.165, 1.54) is 98.0 Å². The molecular formula is C74H60N2. The van der Waals surface area contributed by atoms with Crippen molar-refractivity contribution in [2.45, 2.75) is 52.4 Å². The van der Waals surface area contributed by atoms with Crippen LogP contribution in [0, 0.1) is 0 Å². The summed E-state index contributed by atoms with van der Waals surface area (Å²) in [5.74, 6) is 0. The summed E-state index contributed by atoms with van der Waals surface area (Å²) in [6, 6.07) is 95.2. The number of hydrogen-bond donors (Lipinski definition) is 0. The normalized spacial score (nSPS) is 12.1. The number of benzene rings is 13. The van der Waals surface area contributed by atoms with Gasteiger partial charge in [0.1, 0.15) is 0 Å². The van der Waals surface area contributed by atoms with Crippen LogP contribution in [-0.4, -0.2) is 0 Å². The van der Waals surface area contributed by atoms with Crippen molar-refractivity contribution < 1.29 is 0 Å². The number of hydrogen-bond acceptors (Lipinski definition) is 2. The minimum absolute atomic E-state index is 0.0237. The molecule has 0 fully saturated rings. The van der Waals surface area contributed by atoms with Crippen molar-refractivity contribution in [1.29, 1.82) is 0 Å². The zero-order valence-corrected chi connectivity index (χ0v) is 44.1. The molecule has 2 heteroatoms. The van der Waals surface area contributed by atoms with Crippen molar-refractivity contribution in [3.63, 3.8) is 0 Å². The van der Waals surface area contributed by atoms with E-state index in [0.29, 0.717) is 0 Å². The van der Waals surface area contributed by atoms with Gasteiger partial charge in [-0.25, -0.2) is 0 Å². The van der Waals surface area contributed by atoms with Gasteiger partial charge in [0, 0.05) is 34.1 Å². The Balaban J connectivity index is 1.19. The molecule has 0 spiro atoms. The van der Waals surface area contributed by atoms with Crippen LogP contribution in [0.3, 0.4) is 0 Å². The van der Waals surface area contributed by atoms with Crippen LogP contribution in [0.5, 0.6) is 0 Å². The molecule has 76 heavy (non-hydrogen) atoms. The summed E-state index contributed by atoms with van der Waals surface area (Å²) in [4.78, 5) is 4.85. The molecule has 13 rings (SSSR count). The summed E-state index contributed by atoms with van der Waals surface area (Å²) >= 11 is 0. The second-order valence-electron chi connectivity index (χ2n) is 22.5. The molecule has 0 saturated carbocycles. The third kappa shape index (κ3) is 8.13. The summed E-state index contributed by atoms with van der Waals surface area (Å²) in [7, 11) is 0. The van der Waals surface area contributed by atoms with Crippen LogP contribution in [0.15, 0.2) is 255 Å². The Bertz CT molecular complexity index is 4050. The van der Waals surface area contributed by atoms with E-state index in [4.69, 9.17) is 0 Å². The van der Waals surface area contributed by atoms with Crippen LogP contribution in [-0.2, 0) is 10.8 Å². The van der Waals surface area contributed by atoms with Gasteiger partial charge in [0.2, 0.25) is 0 Å². The number of anilines is 6. The molecule has 0 N–H and O–H groups in total. The Morgan fingerprint density at radius 1 is 0.224 bits per heavy atom. The monoisotopic (exact) mass is 976 g/mol. The number of rotatable bonds is 8. The van der Waals surface area contributed by atoms with Gasteiger partial charge in [-0.1, -0.05) is 211 Å². The highest BCUT2D eigenvalue weighted by Crippen LogP contribution is 2.52. The first-order chi connectivity index (χ1) is 37.0. The first-order valence-corrected chi connectivity index (χ1v) is 26.7. The van der Waals surface area contributed by atoms with E-state index in [0.717, 1.165) is 34.1 Å². The van der Waals surface area contributed by atoms with E-state index in [2.05, 4.69) is 306 Å². The van der Waals surface area contributed by atoms with Gasteiger partial charge >= 0.3 is 0 Å². The fourth-order valence-electron chi connectivity index (χ4n) is 11.9. The second kappa shape index (κ2) is 18.4. The fraction of sp³-hybridized carbons (Fsp3) is 0.108. The molecule has 0 atom stereocenters. The van der Waals surface area contributed by atoms with Crippen molar-refractivity contribution in [1.82, 2.24) is 0 Å². The smallest absolute Gasteiger partial charge is 0.0468 e. The van der Waals surface area contributed by atoms with Gasteiger partial charge in [-0.15, -0.1) is 0 Å². The minimum atomic E-state index is 0.0237. The maximum atomic E-state index is 2.48. The molecule has 0 saturated heterocycles. The molecule has 0 bridgehead atoms. The number of para-hydroxylation sites is 2. The quantitative estimate of drug-likeness (QED) is 0.111. The van der Waals surface area contributed by atoms with E-state index >= 15 is 0 Å². The first kappa shape index (κ1) is 46.8. The van der Waals surface area contributed by atoms with Gasteiger partial charge < -0.3 is 9.80 Å². The van der Waals surface area contributed by atoms with Crippen molar-refractivity contribution >= 4 is 98.8 Å². The Labute approximate surface area is 446 Å². The summed E-state index contributed by atoms with van der Waals surface area (Å²) < 4.78 is 0. The topological polar surface area (TPSA) is 6.48 Å². The van der Waals surface area contributed by atoms with Gasteiger partial charge in [0.25, 0.3) is 0 Å². The highest BCUT2D eigenvalue weighted by Gasteiger charge is 2.26. The molecule has 0 aliphatic carbocycles. The highest BCUT2D eigenvalue weighted by molar-refractivity contribution is 6.29. The van der Waals surface area contributed by atoms with E-state index in [-0.39, 0.29) is 10.8 Å². The predicted octanol–water partition coefficient (Wildman–Crippen LogP) is 21.5. The molecule has 366 valence electrons. The van der Waals surface area contributed by atoms with Crippen LogP contribution in [0.2, 0.25) is 0 Å². The lowest BCUT2D eigenvalue weighted by Crippen LogP contribution is -2.13. The predicted molar refractivity (Wildman–Crippen MR) is 329 cm³/mol. The van der Waals surface area contributed by atoms with Gasteiger partial charge in [0.15, 0.2) is 0 Å². The van der Waals surface area contributed by atoms with Crippen LogP contribution in [0.1, 0.15) is 52.7 Å². The van der Waals surface area contributed by atoms with Crippen LogP contribution in [0.25, 0.3) is 86.9 Å². The van der Waals surface area contributed by atoms with E-state index in [1.54, 1.807) is 0 Å². The lowest BCUT2D eigenvalue weighted by Gasteiger charge is -2.29. The van der Waals surface area contributed by atoms with Gasteiger partial charge in [-0.2, -0.15) is 0 Å². The average Bonchev–Trinajstić information content (AvgIpc) is 3.57. The fourth-order valence-corrected chi connectivity index (χ4v) is 11.9. The number of nitrogens with zero attached hydrogens (tertiary/aromatic N) is 2. The maximum absolute atomic E-state index is 2.48. The Morgan fingerprint density at radius 3 is 0.895 bits per heavy atom. The molecule has 13 aromatic rings. The summed E-state index contributed by atoms with van der Waals surface area (Å²) in [6.07, 6.45) is 0. The van der Waals surface area contributed by atoms with E-state index in [1.807, 2.05) is 0 Å². The Morgan fingerprint density at radius 2 is 0.526 bits per heavy atom. The Hall–Kier alpha value is -8.98. The molecule has 0 aliphatic heterocycles. The molecular weight excluding hydrogens is 917 g/mol. The van der Waals surface area contributed by atoms with Crippen molar-refractivity contribution in [2.75, 3.05) is 9.80 Å². The zero-order valence-electron chi connectivity index (χ0n) is 44.1. The highest BCUT2D eigenvalue weighted by atomic mass is 15.1. The Kier molecular flexibility index (Phi) is 11.4. The molecule has 13 aromatic carbocycles. The van der Waals surface area contributed by atoms with E-state index in [9.17, 15) is 0 Å². The standard InChI is InChI=1S/C74H60N2/c1-73(2,3)51-33-37-55(38-34-51)75(53-23-9-7-10-24-53)57-41-43-65-69(47-57)71(67-45-49-21-13-15-27-59(49)61-29-17-19-31-63(61)67)66-44-42-58(76(54-25-11-8-12-26-54)56-39-35-52(36-40-56)74(4,5)6)48-70(66)72(65)68-46-50-22-14-16-28-60(50)62-30-18-20-32-64(62)68/h7-48H,1-6H3. The van der Waals surface area contributed by atoms with Crippen LogP contribution < -0.4 is 9.80 Å². The van der Waals surface area contributed by atoms with Gasteiger partial charge in [-0.05, 0) is 194 Å². The second-order valence-corrected chi connectivity index (χ2v) is 22.5. The van der Waals surface area contributed by atoms with Crippen LogP contribution in [0.4, 0.5) is 34.1 Å². The largest absolute Gasteiger partial charge is 0.310 e. The van der Waals surface area contributed by atoms with E-state index < -0.39 is 0 Å². The maximum Gasteiger partial charge on any atom is 0.0468 e. The molecule has 0 aliphatic rings. The minimum Gasteiger partial charge on any atom is -0.310 e. The van der Waals surface area contributed by atoms with Crippen LogP contribution >= 0.6 is 0 Å². The third-order valence-electron chi connectivity index (χ3n) is 15.7. The van der Waals surface area contributed by atoms with Crippen molar-refractivity contribution in [3.8, 4) is 22.3 Å². The summed E-state index contributed by atoms with van der Waals surface area (Å²) in [5.41, 5.74) is 14.1. The summed E-state index contributed by atoms with van der Waals surface area (Å²) in [5, 5.41) is 14.6. The van der Waals surface area contributed by atoms with Crippen molar-refractivity contribution in [2.24, 2.45) is 0 Å². The molecule has 2 nitrogen and oxygen atoms in total.